The third-order valence-electron chi connectivity index (χ3n) is 4.88. The second kappa shape index (κ2) is 5.64. The van der Waals surface area contributed by atoms with Crippen molar-refractivity contribution in [1.82, 2.24) is 4.90 Å². The first-order valence-electron chi connectivity index (χ1n) is 7.71. The predicted octanol–water partition coefficient (Wildman–Crippen LogP) is 2.91. The van der Waals surface area contributed by atoms with Crippen LogP contribution in [0.1, 0.15) is 48.8 Å². The molecular weight excluding hydrogens is 234 g/mol. The Morgan fingerprint density at radius 2 is 1.84 bits per heavy atom. The van der Waals surface area contributed by atoms with Crippen molar-refractivity contribution < 1.29 is 5.11 Å². The maximum atomic E-state index is 9.59. The second-order valence-electron chi connectivity index (χ2n) is 6.33. The van der Waals surface area contributed by atoms with Crippen LogP contribution in [0.4, 0.5) is 0 Å². The summed E-state index contributed by atoms with van der Waals surface area (Å²) in [6.45, 7) is 1.05. The second-order valence-corrected chi connectivity index (χ2v) is 6.33. The summed E-state index contributed by atoms with van der Waals surface area (Å²) < 4.78 is 0. The first-order valence-corrected chi connectivity index (χ1v) is 7.71. The summed E-state index contributed by atoms with van der Waals surface area (Å²) in [6, 6.07) is 7.70. The van der Waals surface area contributed by atoms with Crippen LogP contribution in [-0.4, -0.2) is 29.2 Å². The first kappa shape index (κ1) is 13.1. The number of aryl methyl sites for hydroxylation is 2. The Hall–Kier alpha value is -0.860. The molecule has 2 nitrogen and oxygen atoms in total. The van der Waals surface area contributed by atoms with E-state index in [0.29, 0.717) is 6.04 Å². The molecule has 0 spiro atoms. The zero-order valence-corrected chi connectivity index (χ0v) is 11.9. The third kappa shape index (κ3) is 3.01. The highest BCUT2D eigenvalue weighted by Crippen LogP contribution is 2.26. The zero-order chi connectivity index (χ0) is 13.2. The van der Waals surface area contributed by atoms with Gasteiger partial charge in [0.15, 0.2) is 0 Å². The van der Waals surface area contributed by atoms with E-state index in [1.807, 2.05) is 0 Å². The molecule has 1 aromatic carbocycles. The highest BCUT2D eigenvalue weighted by molar-refractivity contribution is 5.35. The molecule has 104 valence electrons. The van der Waals surface area contributed by atoms with Crippen molar-refractivity contribution in [2.45, 2.75) is 63.6 Å². The normalized spacial score (nSPS) is 26.7. The average Bonchev–Trinajstić information content (AvgIpc) is 2.87. The minimum atomic E-state index is -0.0513. The Morgan fingerprint density at radius 3 is 2.63 bits per heavy atom. The molecule has 1 N–H and O–H groups in total. The summed E-state index contributed by atoms with van der Waals surface area (Å²) in [5, 5.41) is 9.59. The van der Waals surface area contributed by atoms with Gasteiger partial charge in [0, 0.05) is 12.6 Å². The number of aliphatic hydroxyl groups excluding tert-OH is 1. The standard InChI is InChI=1S/C17H25NO/c1-18(16-7-9-17(19)10-8-16)12-13-5-6-14-3-2-4-15(14)11-13/h5-6,11,16-17,19H,2-4,7-10,12H2,1H3. The molecule has 0 unspecified atom stereocenters. The topological polar surface area (TPSA) is 23.5 Å². The van der Waals surface area contributed by atoms with E-state index in [9.17, 15) is 5.11 Å². The molecule has 0 saturated heterocycles. The van der Waals surface area contributed by atoms with Crippen molar-refractivity contribution in [3.05, 3.63) is 34.9 Å². The molecule has 0 radical (unpaired) electrons. The third-order valence-corrected chi connectivity index (χ3v) is 4.88. The van der Waals surface area contributed by atoms with E-state index in [0.717, 1.165) is 32.2 Å². The van der Waals surface area contributed by atoms with Crippen LogP contribution in [0.5, 0.6) is 0 Å². The highest BCUT2D eigenvalue weighted by atomic mass is 16.3. The zero-order valence-electron chi connectivity index (χ0n) is 11.9. The van der Waals surface area contributed by atoms with E-state index in [1.54, 1.807) is 11.1 Å². The SMILES string of the molecule is CN(Cc1ccc2c(c1)CCC2)C1CCC(O)CC1. The Bertz CT molecular complexity index is 435. The van der Waals surface area contributed by atoms with Crippen LogP contribution in [0.25, 0.3) is 0 Å². The van der Waals surface area contributed by atoms with Crippen molar-refractivity contribution >= 4 is 0 Å². The molecule has 0 atom stereocenters. The van der Waals surface area contributed by atoms with Crippen LogP contribution in [0.3, 0.4) is 0 Å². The molecule has 0 aromatic heterocycles. The molecule has 1 saturated carbocycles. The summed E-state index contributed by atoms with van der Waals surface area (Å²) in [5.41, 5.74) is 4.59. The molecule has 3 rings (SSSR count). The fraction of sp³-hybridized carbons (Fsp3) is 0.647. The van der Waals surface area contributed by atoms with Gasteiger partial charge in [-0.15, -0.1) is 0 Å². The lowest BCUT2D eigenvalue weighted by molar-refractivity contribution is 0.0818. The average molecular weight is 259 g/mol. The molecule has 2 heteroatoms. The smallest absolute Gasteiger partial charge is 0.0541 e. The van der Waals surface area contributed by atoms with Gasteiger partial charge in [0.2, 0.25) is 0 Å². The Kier molecular flexibility index (Phi) is 3.90. The van der Waals surface area contributed by atoms with Gasteiger partial charge >= 0.3 is 0 Å². The fourth-order valence-corrected chi connectivity index (χ4v) is 3.64. The molecule has 2 aliphatic carbocycles. The van der Waals surface area contributed by atoms with Crippen LogP contribution in [-0.2, 0) is 19.4 Å². The molecule has 0 aliphatic heterocycles. The van der Waals surface area contributed by atoms with Gasteiger partial charge in [0.25, 0.3) is 0 Å². The number of aliphatic hydroxyl groups is 1. The largest absolute Gasteiger partial charge is 0.393 e. The van der Waals surface area contributed by atoms with Gasteiger partial charge in [-0.05, 0) is 68.7 Å². The van der Waals surface area contributed by atoms with E-state index in [4.69, 9.17) is 0 Å². The van der Waals surface area contributed by atoms with E-state index < -0.39 is 0 Å². The fourth-order valence-electron chi connectivity index (χ4n) is 3.64. The van der Waals surface area contributed by atoms with Crippen LogP contribution >= 0.6 is 0 Å². The molecule has 19 heavy (non-hydrogen) atoms. The van der Waals surface area contributed by atoms with Crippen LogP contribution in [0, 0.1) is 0 Å². The number of hydrogen-bond acceptors (Lipinski definition) is 2. The van der Waals surface area contributed by atoms with Gasteiger partial charge in [0.05, 0.1) is 6.10 Å². The predicted molar refractivity (Wildman–Crippen MR) is 78.2 cm³/mol. The Balaban J connectivity index is 1.61. The van der Waals surface area contributed by atoms with E-state index in [2.05, 4.69) is 30.1 Å². The lowest BCUT2D eigenvalue weighted by Crippen LogP contribution is -2.35. The first-order chi connectivity index (χ1) is 9.22. The maximum absolute atomic E-state index is 9.59. The van der Waals surface area contributed by atoms with Crippen LogP contribution < -0.4 is 0 Å². The van der Waals surface area contributed by atoms with E-state index >= 15 is 0 Å². The molecule has 2 aliphatic rings. The number of rotatable bonds is 3. The van der Waals surface area contributed by atoms with Crippen molar-refractivity contribution in [3.8, 4) is 0 Å². The highest BCUT2D eigenvalue weighted by Gasteiger charge is 2.22. The van der Waals surface area contributed by atoms with Gasteiger partial charge in [-0.1, -0.05) is 18.2 Å². The van der Waals surface area contributed by atoms with E-state index in [1.165, 1.54) is 24.8 Å². The van der Waals surface area contributed by atoms with Gasteiger partial charge in [-0.2, -0.15) is 0 Å². The lowest BCUT2D eigenvalue weighted by atomic mass is 9.92. The summed E-state index contributed by atoms with van der Waals surface area (Å²) >= 11 is 0. The van der Waals surface area contributed by atoms with Gasteiger partial charge in [-0.25, -0.2) is 0 Å². The maximum Gasteiger partial charge on any atom is 0.0541 e. The molecule has 0 heterocycles. The van der Waals surface area contributed by atoms with Crippen molar-refractivity contribution in [2.75, 3.05) is 7.05 Å². The van der Waals surface area contributed by atoms with E-state index in [-0.39, 0.29) is 6.10 Å². The molecule has 0 amide bonds. The van der Waals surface area contributed by atoms with Crippen molar-refractivity contribution in [2.24, 2.45) is 0 Å². The summed E-state index contributed by atoms with van der Waals surface area (Å²) in [5.74, 6) is 0. The molecule has 1 fully saturated rings. The Labute approximate surface area is 116 Å². The summed E-state index contributed by atoms with van der Waals surface area (Å²) in [6.07, 6.45) is 8.04. The lowest BCUT2D eigenvalue weighted by Gasteiger charge is -2.33. The minimum absolute atomic E-state index is 0.0513. The van der Waals surface area contributed by atoms with Crippen molar-refractivity contribution in [3.63, 3.8) is 0 Å². The number of nitrogens with zero attached hydrogens (tertiary/aromatic N) is 1. The van der Waals surface area contributed by atoms with Gasteiger partial charge in [0.1, 0.15) is 0 Å². The minimum Gasteiger partial charge on any atom is -0.393 e. The molecule has 1 aromatic rings. The number of fused-ring (bicyclic) bond motifs is 1. The van der Waals surface area contributed by atoms with Crippen LogP contribution in [0.15, 0.2) is 18.2 Å². The summed E-state index contributed by atoms with van der Waals surface area (Å²) in [7, 11) is 2.23. The van der Waals surface area contributed by atoms with Crippen LogP contribution in [0.2, 0.25) is 0 Å². The molecular formula is C17H25NO. The van der Waals surface area contributed by atoms with Gasteiger partial charge in [-0.3, -0.25) is 4.90 Å². The Morgan fingerprint density at radius 1 is 1.11 bits per heavy atom. The number of hydrogen-bond donors (Lipinski definition) is 1. The molecule has 0 bridgehead atoms. The van der Waals surface area contributed by atoms with Crippen molar-refractivity contribution in [1.29, 1.82) is 0 Å². The van der Waals surface area contributed by atoms with Gasteiger partial charge < -0.3 is 5.11 Å². The number of benzene rings is 1. The quantitative estimate of drug-likeness (QED) is 0.902. The summed E-state index contributed by atoms with van der Waals surface area (Å²) in [4.78, 5) is 2.47. The monoisotopic (exact) mass is 259 g/mol.